The molecule has 0 amide bonds. The summed E-state index contributed by atoms with van der Waals surface area (Å²) in [6, 6.07) is 2.32. The topological polar surface area (TPSA) is 77.3 Å². The molecule has 9 heteroatoms. The summed E-state index contributed by atoms with van der Waals surface area (Å²) in [5, 5.41) is 0.389. The Morgan fingerprint density at radius 1 is 1.45 bits per heavy atom. The van der Waals surface area contributed by atoms with Crippen LogP contribution in [0.5, 0.6) is 0 Å². The first-order chi connectivity index (χ1) is 14.1. The second-order valence-electron chi connectivity index (χ2n) is 7.03. The molecule has 0 spiro atoms. The Labute approximate surface area is 176 Å². The average Bonchev–Trinajstić information content (AvgIpc) is 2.73. The van der Waals surface area contributed by atoms with Gasteiger partial charge in [-0.05, 0) is 32.7 Å². The maximum atomic E-state index is 10.6. The number of likely N-dealkylation sites (N-methyl/N-ethyl adjacent to an activating group) is 1. The molecule has 0 bridgehead atoms. The molecule has 154 valence electrons. The van der Waals surface area contributed by atoms with Crippen molar-refractivity contribution in [2.24, 2.45) is 9.98 Å². The lowest BCUT2D eigenvalue weighted by Crippen LogP contribution is -2.51. The second kappa shape index (κ2) is 10.3. The highest BCUT2D eigenvalue weighted by atomic mass is 35.5. The van der Waals surface area contributed by atoms with Crippen molar-refractivity contribution in [1.29, 1.82) is 0 Å². The van der Waals surface area contributed by atoms with Crippen molar-refractivity contribution in [1.82, 2.24) is 19.8 Å². The van der Waals surface area contributed by atoms with Gasteiger partial charge in [0.15, 0.2) is 5.82 Å². The van der Waals surface area contributed by atoms with Crippen LogP contribution in [0.15, 0.2) is 39.8 Å². The quantitative estimate of drug-likeness (QED) is 0.281. The third kappa shape index (κ3) is 5.48. The van der Waals surface area contributed by atoms with Crippen LogP contribution in [-0.4, -0.2) is 78.3 Å². The molecule has 8 nitrogen and oxygen atoms in total. The Kier molecular flexibility index (Phi) is 7.48. The van der Waals surface area contributed by atoms with Gasteiger partial charge in [-0.1, -0.05) is 11.6 Å². The molecule has 0 aromatic carbocycles. The van der Waals surface area contributed by atoms with Crippen LogP contribution in [0.4, 0.5) is 5.82 Å². The number of hydrogen-bond acceptors (Lipinski definition) is 8. The lowest BCUT2D eigenvalue weighted by Gasteiger charge is -2.40. The van der Waals surface area contributed by atoms with Crippen molar-refractivity contribution >= 4 is 42.3 Å². The predicted octanol–water partition coefficient (Wildman–Crippen LogP) is 2.39. The zero-order chi connectivity index (χ0) is 20.6. The minimum absolute atomic E-state index is 0.389. The summed E-state index contributed by atoms with van der Waals surface area (Å²) < 4.78 is 0. The van der Waals surface area contributed by atoms with E-state index in [9.17, 15) is 4.79 Å². The van der Waals surface area contributed by atoms with Gasteiger partial charge in [-0.25, -0.2) is 15.0 Å². The summed E-state index contributed by atoms with van der Waals surface area (Å²) in [4.78, 5) is 34.4. The molecule has 1 fully saturated rings. The first-order valence-electron chi connectivity index (χ1n) is 9.67. The minimum Gasteiger partial charge on any atom is -0.354 e. The summed E-state index contributed by atoms with van der Waals surface area (Å²) >= 11 is 6.05. The van der Waals surface area contributed by atoms with E-state index in [1.807, 2.05) is 11.0 Å². The Bertz CT molecular complexity index is 823. The molecule has 3 heterocycles. The minimum atomic E-state index is 0.389. The Balaban J connectivity index is 1.79. The van der Waals surface area contributed by atoms with Crippen LogP contribution in [-0.2, 0) is 4.79 Å². The van der Waals surface area contributed by atoms with E-state index < -0.39 is 0 Å². The van der Waals surface area contributed by atoms with Crippen molar-refractivity contribution in [2.45, 2.75) is 25.3 Å². The van der Waals surface area contributed by atoms with Gasteiger partial charge in [0.05, 0.1) is 12.7 Å². The molecule has 3 rings (SSSR count). The van der Waals surface area contributed by atoms with E-state index in [2.05, 4.69) is 38.5 Å². The van der Waals surface area contributed by atoms with Crippen LogP contribution in [0.3, 0.4) is 0 Å². The molecule has 0 saturated carbocycles. The first kappa shape index (κ1) is 21.1. The number of nitrogens with zero attached hydrogens (tertiary/aromatic N) is 7. The van der Waals surface area contributed by atoms with Crippen LogP contribution in [0.25, 0.3) is 5.70 Å². The van der Waals surface area contributed by atoms with Crippen LogP contribution in [0, 0.1) is 0 Å². The largest absolute Gasteiger partial charge is 0.354 e. The highest BCUT2D eigenvalue weighted by Crippen LogP contribution is 2.24. The number of unbranched alkanes of at least 4 members (excludes halogenated alkanes) is 1. The second-order valence-corrected chi connectivity index (χ2v) is 7.42. The standard InChI is InChI=1S/C20H26ClN7O/c1-22-13-17(27-9-8-23-18(21)15-27)20-24-7-6-19(25-20)28-11-10-26(2)16(14-28)5-3-4-12-29/h6-8,12-13,15-16H,1,3-5,9-11,14H2,2H3/b17-13-. The predicted molar refractivity (Wildman–Crippen MR) is 117 cm³/mol. The van der Waals surface area contributed by atoms with E-state index in [1.54, 1.807) is 24.8 Å². The third-order valence-electron chi connectivity index (χ3n) is 5.11. The summed E-state index contributed by atoms with van der Waals surface area (Å²) in [7, 11) is 2.14. The fourth-order valence-corrected chi connectivity index (χ4v) is 3.68. The first-order valence-corrected chi connectivity index (χ1v) is 10.0. The fraction of sp³-hybridized carbons (Fsp3) is 0.450. The van der Waals surface area contributed by atoms with E-state index in [4.69, 9.17) is 16.6 Å². The Hall–Kier alpha value is -2.58. The highest BCUT2D eigenvalue weighted by Gasteiger charge is 2.25. The average molecular weight is 416 g/mol. The van der Waals surface area contributed by atoms with Crippen molar-refractivity contribution < 1.29 is 4.79 Å². The third-order valence-corrected chi connectivity index (χ3v) is 5.30. The number of halogens is 1. The smallest absolute Gasteiger partial charge is 0.179 e. The van der Waals surface area contributed by atoms with E-state index >= 15 is 0 Å². The fourth-order valence-electron chi connectivity index (χ4n) is 3.50. The number of rotatable bonds is 8. The molecule has 1 saturated heterocycles. The highest BCUT2D eigenvalue weighted by molar-refractivity contribution is 6.29. The molecular formula is C20H26ClN7O. The molecule has 0 radical (unpaired) electrons. The van der Waals surface area contributed by atoms with Gasteiger partial charge in [-0.3, -0.25) is 9.89 Å². The van der Waals surface area contributed by atoms with Crippen LogP contribution >= 0.6 is 11.6 Å². The van der Waals surface area contributed by atoms with Gasteiger partial charge in [-0.15, -0.1) is 0 Å². The maximum Gasteiger partial charge on any atom is 0.179 e. The molecule has 0 N–H and O–H groups in total. The van der Waals surface area contributed by atoms with Crippen molar-refractivity contribution in [3.05, 3.63) is 35.6 Å². The summed E-state index contributed by atoms with van der Waals surface area (Å²) in [6.45, 7) is 6.83. The van der Waals surface area contributed by atoms with Gasteiger partial charge in [-0.2, -0.15) is 0 Å². The van der Waals surface area contributed by atoms with E-state index in [-0.39, 0.29) is 0 Å². The number of aromatic nitrogens is 2. The number of hydrogen-bond donors (Lipinski definition) is 0. The molecule has 0 aliphatic carbocycles. The number of anilines is 1. The molecule has 2 aliphatic rings. The maximum absolute atomic E-state index is 10.6. The molecule has 2 aliphatic heterocycles. The summed E-state index contributed by atoms with van der Waals surface area (Å²) in [6.07, 6.45) is 10.4. The lowest BCUT2D eigenvalue weighted by atomic mass is 10.1. The van der Waals surface area contributed by atoms with Crippen molar-refractivity contribution in [3.8, 4) is 0 Å². The molecule has 1 atom stereocenters. The van der Waals surface area contributed by atoms with Gasteiger partial charge >= 0.3 is 0 Å². The van der Waals surface area contributed by atoms with Gasteiger partial charge in [0.25, 0.3) is 0 Å². The van der Waals surface area contributed by atoms with Crippen molar-refractivity contribution in [2.75, 3.05) is 38.1 Å². The molecule has 29 heavy (non-hydrogen) atoms. The van der Waals surface area contributed by atoms with Crippen LogP contribution in [0.1, 0.15) is 25.1 Å². The Morgan fingerprint density at radius 3 is 3.07 bits per heavy atom. The van der Waals surface area contributed by atoms with E-state index in [1.165, 1.54) is 0 Å². The summed E-state index contributed by atoms with van der Waals surface area (Å²) in [5.74, 6) is 1.43. The zero-order valence-electron chi connectivity index (χ0n) is 16.6. The SMILES string of the molecule is C=N/C=C(/c1nccc(N2CCN(C)C(CCCC=O)C2)n1)N1C=C(Cl)N=CC1. The van der Waals surface area contributed by atoms with Crippen molar-refractivity contribution in [3.63, 3.8) is 0 Å². The molecule has 1 unspecified atom stereocenters. The van der Waals surface area contributed by atoms with Gasteiger partial charge in [0, 0.05) is 50.7 Å². The van der Waals surface area contributed by atoms with Gasteiger partial charge in [0.2, 0.25) is 0 Å². The van der Waals surface area contributed by atoms with E-state index in [0.29, 0.717) is 35.7 Å². The molecular weight excluding hydrogens is 390 g/mol. The molecule has 1 aromatic heterocycles. The number of carbonyl (C=O) groups excluding carboxylic acids is 1. The van der Waals surface area contributed by atoms with Crippen LogP contribution < -0.4 is 4.90 Å². The number of piperazine rings is 1. The van der Waals surface area contributed by atoms with Gasteiger partial charge < -0.3 is 14.6 Å². The molecule has 1 aromatic rings. The van der Waals surface area contributed by atoms with Crippen LogP contribution in [0.2, 0.25) is 0 Å². The number of carbonyl (C=O) groups is 1. The van der Waals surface area contributed by atoms with E-state index in [0.717, 1.165) is 44.6 Å². The van der Waals surface area contributed by atoms with Gasteiger partial charge in [0.1, 0.15) is 23.0 Å². The monoisotopic (exact) mass is 415 g/mol. The Morgan fingerprint density at radius 2 is 2.31 bits per heavy atom. The number of aldehydes is 1. The number of aliphatic imine (C=N–C) groups is 2. The zero-order valence-corrected chi connectivity index (χ0v) is 17.4. The lowest BCUT2D eigenvalue weighted by molar-refractivity contribution is -0.108. The summed E-state index contributed by atoms with van der Waals surface area (Å²) in [5.41, 5.74) is 0.711. The normalized spacial score (nSPS) is 20.6.